The van der Waals surface area contributed by atoms with Crippen LogP contribution in [0.1, 0.15) is 18.9 Å². The minimum absolute atomic E-state index is 0.803. The van der Waals surface area contributed by atoms with E-state index in [9.17, 15) is 0 Å². The van der Waals surface area contributed by atoms with E-state index < -0.39 is 0 Å². The van der Waals surface area contributed by atoms with Gasteiger partial charge in [0.05, 0.1) is 0 Å². The minimum Gasteiger partial charge on any atom is -0.368 e. The molecule has 3 rings (SSSR count). The van der Waals surface area contributed by atoms with Gasteiger partial charge in [-0.1, -0.05) is 25.1 Å². The molecule has 1 aromatic rings. The number of hydrogen-bond acceptors (Lipinski definition) is 1. The molecule has 1 heteroatoms. The van der Waals surface area contributed by atoms with Crippen LogP contribution in [0.15, 0.2) is 24.3 Å². The van der Waals surface area contributed by atoms with E-state index in [0.717, 1.165) is 12.0 Å². The molecule has 1 fully saturated rings. The van der Waals surface area contributed by atoms with Gasteiger partial charge in [-0.25, -0.2) is 0 Å². The van der Waals surface area contributed by atoms with Crippen molar-refractivity contribution >= 4 is 5.69 Å². The van der Waals surface area contributed by atoms with Crippen LogP contribution in [0.5, 0.6) is 0 Å². The fraction of sp³-hybridized carbons (Fsp3) is 0.500. The summed E-state index contributed by atoms with van der Waals surface area (Å²) in [7, 11) is 0. The zero-order valence-electron chi connectivity index (χ0n) is 8.03. The van der Waals surface area contributed by atoms with E-state index in [2.05, 4.69) is 36.1 Å². The minimum atomic E-state index is 0.803. The van der Waals surface area contributed by atoms with E-state index in [-0.39, 0.29) is 0 Å². The number of para-hydroxylation sites is 1. The second-order valence-corrected chi connectivity index (χ2v) is 4.36. The summed E-state index contributed by atoms with van der Waals surface area (Å²) in [6.07, 6.45) is 2.65. The maximum absolute atomic E-state index is 2.60. The van der Waals surface area contributed by atoms with E-state index in [4.69, 9.17) is 0 Å². The van der Waals surface area contributed by atoms with Crippen molar-refractivity contribution in [1.29, 1.82) is 0 Å². The number of hydrogen-bond donors (Lipinski definition) is 0. The molecule has 1 nitrogen and oxygen atoms in total. The quantitative estimate of drug-likeness (QED) is 0.582. The molecule has 1 saturated heterocycles. The van der Waals surface area contributed by atoms with Crippen molar-refractivity contribution in [2.24, 2.45) is 5.92 Å². The Hall–Kier alpha value is -0.980. The molecule has 2 aliphatic rings. The average molecular weight is 173 g/mol. The molecule has 2 heterocycles. The Kier molecular flexibility index (Phi) is 1.43. The molecular formula is C12H15N. The van der Waals surface area contributed by atoms with Crippen LogP contribution in [0.2, 0.25) is 0 Å². The van der Waals surface area contributed by atoms with Crippen LogP contribution in [0.4, 0.5) is 5.69 Å². The van der Waals surface area contributed by atoms with Gasteiger partial charge in [-0.2, -0.15) is 0 Å². The molecule has 68 valence electrons. The van der Waals surface area contributed by atoms with Gasteiger partial charge in [-0.15, -0.1) is 0 Å². The van der Waals surface area contributed by atoms with Gasteiger partial charge in [0.15, 0.2) is 0 Å². The van der Waals surface area contributed by atoms with Crippen molar-refractivity contribution in [3.8, 4) is 0 Å². The lowest BCUT2D eigenvalue weighted by Gasteiger charge is -2.20. The molecule has 13 heavy (non-hydrogen) atoms. The highest BCUT2D eigenvalue weighted by Gasteiger charge is 2.37. The fourth-order valence-corrected chi connectivity index (χ4v) is 2.81. The summed E-state index contributed by atoms with van der Waals surface area (Å²) in [5.41, 5.74) is 3.05. The molecular weight excluding hydrogens is 158 g/mol. The molecule has 0 saturated carbocycles. The summed E-state index contributed by atoms with van der Waals surface area (Å²) in [5, 5.41) is 0. The average Bonchev–Trinajstić information content (AvgIpc) is 2.67. The highest BCUT2D eigenvalue weighted by molar-refractivity contribution is 5.60. The van der Waals surface area contributed by atoms with Crippen molar-refractivity contribution in [2.75, 3.05) is 11.4 Å². The summed E-state index contributed by atoms with van der Waals surface area (Å²) < 4.78 is 0. The molecule has 0 amide bonds. The molecule has 0 aliphatic carbocycles. The lowest BCUT2D eigenvalue weighted by molar-refractivity contribution is 0.525. The van der Waals surface area contributed by atoms with Crippen LogP contribution in [0.3, 0.4) is 0 Å². The number of nitrogens with zero attached hydrogens (tertiary/aromatic N) is 1. The maximum atomic E-state index is 2.60. The van der Waals surface area contributed by atoms with E-state index >= 15 is 0 Å². The summed E-state index contributed by atoms with van der Waals surface area (Å²) in [6, 6.07) is 9.67. The standard InChI is InChI=1S/C12H15N/c1-9-6-7-13-11-5-3-2-4-10(11)8-12(9)13/h2-5,9,12H,6-8H2,1H3. The van der Waals surface area contributed by atoms with Crippen LogP contribution < -0.4 is 4.90 Å². The first-order valence-electron chi connectivity index (χ1n) is 5.21. The Morgan fingerprint density at radius 3 is 3.08 bits per heavy atom. The Morgan fingerprint density at radius 1 is 1.31 bits per heavy atom. The Labute approximate surface area is 79.4 Å². The third-order valence-electron chi connectivity index (χ3n) is 3.61. The van der Waals surface area contributed by atoms with E-state index in [1.165, 1.54) is 25.1 Å². The van der Waals surface area contributed by atoms with Gasteiger partial charge in [0.2, 0.25) is 0 Å². The second kappa shape index (κ2) is 2.50. The number of benzene rings is 1. The summed E-state index contributed by atoms with van der Waals surface area (Å²) in [6.45, 7) is 3.65. The molecule has 0 aromatic heterocycles. The zero-order chi connectivity index (χ0) is 8.84. The van der Waals surface area contributed by atoms with E-state index in [0.29, 0.717) is 0 Å². The molecule has 0 spiro atoms. The van der Waals surface area contributed by atoms with Gasteiger partial charge < -0.3 is 4.90 Å². The third kappa shape index (κ3) is 0.932. The third-order valence-corrected chi connectivity index (χ3v) is 3.61. The zero-order valence-corrected chi connectivity index (χ0v) is 8.03. The van der Waals surface area contributed by atoms with Crippen LogP contribution in [0, 0.1) is 5.92 Å². The summed E-state index contributed by atoms with van der Waals surface area (Å²) >= 11 is 0. The van der Waals surface area contributed by atoms with Gasteiger partial charge in [0.1, 0.15) is 0 Å². The largest absolute Gasteiger partial charge is 0.368 e. The first-order chi connectivity index (χ1) is 6.36. The Bertz CT molecular complexity index is 332. The van der Waals surface area contributed by atoms with Gasteiger partial charge in [-0.05, 0) is 30.4 Å². The van der Waals surface area contributed by atoms with Crippen molar-refractivity contribution in [1.82, 2.24) is 0 Å². The van der Waals surface area contributed by atoms with Crippen LogP contribution in [-0.2, 0) is 6.42 Å². The molecule has 2 unspecified atom stereocenters. The Morgan fingerprint density at radius 2 is 2.15 bits per heavy atom. The first-order valence-corrected chi connectivity index (χ1v) is 5.21. The number of rotatable bonds is 0. The summed E-state index contributed by atoms with van der Waals surface area (Å²) in [4.78, 5) is 2.60. The van der Waals surface area contributed by atoms with E-state index in [1.54, 1.807) is 5.56 Å². The summed E-state index contributed by atoms with van der Waals surface area (Å²) in [5.74, 6) is 0.882. The highest BCUT2D eigenvalue weighted by atomic mass is 15.2. The number of fused-ring (bicyclic) bond motifs is 3. The lowest BCUT2D eigenvalue weighted by Crippen LogP contribution is -2.27. The predicted molar refractivity (Wildman–Crippen MR) is 55.1 cm³/mol. The van der Waals surface area contributed by atoms with Gasteiger partial charge in [0, 0.05) is 18.3 Å². The van der Waals surface area contributed by atoms with E-state index in [1.807, 2.05) is 0 Å². The van der Waals surface area contributed by atoms with Crippen LogP contribution in [0.25, 0.3) is 0 Å². The fourth-order valence-electron chi connectivity index (χ4n) is 2.81. The first kappa shape index (κ1) is 7.43. The second-order valence-electron chi connectivity index (χ2n) is 4.36. The molecule has 0 bridgehead atoms. The molecule has 1 aromatic carbocycles. The highest BCUT2D eigenvalue weighted by Crippen LogP contribution is 2.39. The monoisotopic (exact) mass is 173 g/mol. The molecule has 2 atom stereocenters. The predicted octanol–water partition coefficient (Wildman–Crippen LogP) is 2.46. The Balaban J connectivity index is 2.05. The van der Waals surface area contributed by atoms with Gasteiger partial charge in [0.25, 0.3) is 0 Å². The topological polar surface area (TPSA) is 3.24 Å². The normalized spacial score (nSPS) is 30.4. The molecule has 2 aliphatic heterocycles. The smallest absolute Gasteiger partial charge is 0.0402 e. The lowest BCUT2D eigenvalue weighted by atomic mass is 9.99. The van der Waals surface area contributed by atoms with Crippen molar-refractivity contribution in [3.05, 3.63) is 29.8 Å². The van der Waals surface area contributed by atoms with Crippen LogP contribution in [-0.4, -0.2) is 12.6 Å². The van der Waals surface area contributed by atoms with Gasteiger partial charge >= 0.3 is 0 Å². The molecule has 0 radical (unpaired) electrons. The van der Waals surface area contributed by atoms with Crippen molar-refractivity contribution in [2.45, 2.75) is 25.8 Å². The van der Waals surface area contributed by atoms with Crippen molar-refractivity contribution < 1.29 is 0 Å². The van der Waals surface area contributed by atoms with Gasteiger partial charge in [-0.3, -0.25) is 0 Å². The molecule has 0 N–H and O–H groups in total. The number of anilines is 1. The maximum Gasteiger partial charge on any atom is 0.0402 e. The van der Waals surface area contributed by atoms with Crippen LogP contribution >= 0.6 is 0 Å². The van der Waals surface area contributed by atoms with Crippen molar-refractivity contribution in [3.63, 3.8) is 0 Å². The SMILES string of the molecule is CC1CCN2c3ccccc3CC12.